The van der Waals surface area contributed by atoms with Crippen LogP contribution in [-0.2, 0) is 10.0 Å². The van der Waals surface area contributed by atoms with Crippen LogP contribution in [0.2, 0.25) is 5.15 Å². The molecule has 0 aliphatic carbocycles. The number of imidazole rings is 1. The highest BCUT2D eigenvalue weighted by Crippen LogP contribution is 2.32. The molecule has 110 valence electrons. The molecule has 5 nitrogen and oxygen atoms in total. The standard InChI is InChI=1S/C12H16ClN3O2S2/c1-8-3-4-9(2)16(7-8)20(17,18)11-10(13)14-12-15(11)5-6-19-12/h5-6,8-9H,3-4,7H2,1-2H3. The molecule has 2 aromatic heterocycles. The van der Waals surface area contributed by atoms with Gasteiger partial charge in [-0.15, -0.1) is 11.3 Å². The molecule has 0 saturated carbocycles. The lowest BCUT2D eigenvalue weighted by atomic mass is 9.97. The topological polar surface area (TPSA) is 54.7 Å². The number of aromatic nitrogens is 2. The van der Waals surface area contributed by atoms with Gasteiger partial charge in [0.1, 0.15) is 0 Å². The number of hydrogen-bond donors (Lipinski definition) is 0. The molecule has 0 aromatic carbocycles. The molecule has 3 heterocycles. The zero-order chi connectivity index (χ0) is 14.5. The van der Waals surface area contributed by atoms with Crippen molar-refractivity contribution in [3.05, 3.63) is 16.7 Å². The van der Waals surface area contributed by atoms with E-state index in [9.17, 15) is 8.42 Å². The molecule has 20 heavy (non-hydrogen) atoms. The van der Waals surface area contributed by atoms with Crippen LogP contribution >= 0.6 is 22.9 Å². The Bertz CT molecular complexity index is 737. The van der Waals surface area contributed by atoms with E-state index in [0.717, 1.165) is 12.8 Å². The molecule has 1 saturated heterocycles. The summed E-state index contributed by atoms with van der Waals surface area (Å²) < 4.78 is 29.0. The Labute approximate surface area is 127 Å². The smallest absolute Gasteiger partial charge is 0.262 e. The van der Waals surface area contributed by atoms with Crippen LogP contribution < -0.4 is 0 Å². The Morgan fingerprint density at radius 2 is 2.15 bits per heavy atom. The quantitative estimate of drug-likeness (QED) is 0.849. The van der Waals surface area contributed by atoms with Gasteiger partial charge in [0.15, 0.2) is 15.1 Å². The van der Waals surface area contributed by atoms with Crippen molar-refractivity contribution < 1.29 is 8.42 Å². The predicted molar refractivity (Wildman–Crippen MR) is 79.8 cm³/mol. The van der Waals surface area contributed by atoms with Gasteiger partial charge >= 0.3 is 0 Å². The molecule has 2 aromatic rings. The van der Waals surface area contributed by atoms with Crippen LogP contribution in [0.15, 0.2) is 16.6 Å². The van der Waals surface area contributed by atoms with E-state index < -0.39 is 10.0 Å². The number of fused-ring (bicyclic) bond motifs is 1. The van der Waals surface area contributed by atoms with Gasteiger partial charge < -0.3 is 0 Å². The van der Waals surface area contributed by atoms with E-state index >= 15 is 0 Å². The van der Waals surface area contributed by atoms with Crippen molar-refractivity contribution in [1.29, 1.82) is 0 Å². The molecule has 1 fully saturated rings. The van der Waals surface area contributed by atoms with Gasteiger partial charge in [0.05, 0.1) is 0 Å². The van der Waals surface area contributed by atoms with E-state index in [1.54, 1.807) is 20.3 Å². The number of thiazole rings is 1. The predicted octanol–water partition coefficient (Wildman–Crippen LogP) is 2.86. The highest BCUT2D eigenvalue weighted by Gasteiger charge is 2.37. The fraction of sp³-hybridized carbons (Fsp3) is 0.583. The third-order valence-corrected chi connectivity index (χ3v) is 6.93. The molecule has 0 amide bonds. The van der Waals surface area contributed by atoms with Crippen molar-refractivity contribution in [2.24, 2.45) is 5.92 Å². The molecule has 8 heteroatoms. The maximum atomic E-state index is 12.9. The third kappa shape index (κ3) is 2.16. The summed E-state index contributed by atoms with van der Waals surface area (Å²) in [5.74, 6) is 0.366. The summed E-state index contributed by atoms with van der Waals surface area (Å²) in [6.07, 6.45) is 3.63. The minimum Gasteiger partial charge on any atom is -0.279 e. The second-order valence-corrected chi connectivity index (χ2v) is 8.41. The summed E-state index contributed by atoms with van der Waals surface area (Å²) in [4.78, 5) is 4.72. The van der Waals surface area contributed by atoms with Crippen LogP contribution in [0.3, 0.4) is 0 Å². The van der Waals surface area contributed by atoms with Crippen molar-refractivity contribution in [3.8, 4) is 0 Å². The second kappa shape index (κ2) is 4.98. The van der Waals surface area contributed by atoms with Crippen LogP contribution in [0.25, 0.3) is 4.96 Å². The summed E-state index contributed by atoms with van der Waals surface area (Å²) in [5, 5.41) is 1.96. The Morgan fingerprint density at radius 3 is 2.90 bits per heavy atom. The summed E-state index contributed by atoms with van der Waals surface area (Å²) in [6.45, 7) is 4.56. The molecule has 2 atom stereocenters. The fourth-order valence-electron chi connectivity index (χ4n) is 2.66. The molecular weight excluding hydrogens is 318 g/mol. The largest absolute Gasteiger partial charge is 0.279 e. The maximum Gasteiger partial charge on any atom is 0.262 e. The van der Waals surface area contributed by atoms with Gasteiger partial charge in [-0.05, 0) is 25.7 Å². The molecular formula is C12H16ClN3O2S2. The first-order valence-electron chi connectivity index (χ1n) is 6.54. The minimum atomic E-state index is -3.62. The van der Waals surface area contributed by atoms with E-state index in [4.69, 9.17) is 11.6 Å². The highest BCUT2D eigenvalue weighted by atomic mass is 35.5. The molecule has 0 spiro atoms. The summed E-state index contributed by atoms with van der Waals surface area (Å²) in [7, 11) is -3.62. The molecule has 1 aliphatic rings. The van der Waals surface area contributed by atoms with Crippen molar-refractivity contribution >= 4 is 37.9 Å². The van der Waals surface area contributed by atoms with E-state index in [0.29, 0.717) is 17.4 Å². The highest BCUT2D eigenvalue weighted by molar-refractivity contribution is 7.89. The summed E-state index contributed by atoms with van der Waals surface area (Å²) >= 11 is 7.44. The number of rotatable bonds is 2. The van der Waals surface area contributed by atoms with Crippen LogP contribution in [-0.4, -0.2) is 34.7 Å². The number of piperidine rings is 1. The monoisotopic (exact) mass is 333 g/mol. The number of halogens is 1. The third-order valence-electron chi connectivity index (χ3n) is 3.79. The zero-order valence-electron chi connectivity index (χ0n) is 11.3. The fourth-order valence-corrected chi connectivity index (χ4v) is 5.86. The lowest BCUT2D eigenvalue weighted by molar-refractivity contribution is 0.217. The van der Waals surface area contributed by atoms with Gasteiger partial charge in [-0.1, -0.05) is 18.5 Å². The van der Waals surface area contributed by atoms with Crippen molar-refractivity contribution in [3.63, 3.8) is 0 Å². The zero-order valence-corrected chi connectivity index (χ0v) is 13.7. The van der Waals surface area contributed by atoms with E-state index in [1.807, 2.05) is 6.92 Å². The van der Waals surface area contributed by atoms with Crippen LogP contribution in [0, 0.1) is 5.92 Å². The van der Waals surface area contributed by atoms with Gasteiger partial charge in [-0.3, -0.25) is 4.40 Å². The van der Waals surface area contributed by atoms with Crippen molar-refractivity contribution in [2.75, 3.05) is 6.54 Å². The average Bonchev–Trinajstić information content (AvgIpc) is 2.91. The normalized spacial score (nSPS) is 25.4. The molecule has 0 N–H and O–H groups in total. The minimum absolute atomic E-state index is 0.00328. The maximum absolute atomic E-state index is 12.9. The van der Waals surface area contributed by atoms with Gasteiger partial charge in [-0.25, -0.2) is 13.4 Å². The van der Waals surface area contributed by atoms with E-state index in [-0.39, 0.29) is 16.2 Å². The number of hydrogen-bond acceptors (Lipinski definition) is 4. The Kier molecular flexibility index (Phi) is 3.56. The van der Waals surface area contributed by atoms with Gasteiger partial charge in [0, 0.05) is 24.2 Å². The second-order valence-electron chi connectivity index (χ2n) is 5.37. The first-order chi connectivity index (χ1) is 9.41. The summed E-state index contributed by atoms with van der Waals surface area (Å²) in [5.41, 5.74) is 0. The first kappa shape index (κ1) is 14.3. The van der Waals surface area contributed by atoms with Gasteiger partial charge in [0.25, 0.3) is 10.0 Å². The Morgan fingerprint density at radius 1 is 1.40 bits per heavy atom. The van der Waals surface area contributed by atoms with Crippen LogP contribution in [0.5, 0.6) is 0 Å². The molecule has 1 aliphatic heterocycles. The van der Waals surface area contributed by atoms with Crippen LogP contribution in [0.1, 0.15) is 26.7 Å². The molecule has 0 bridgehead atoms. The van der Waals surface area contributed by atoms with Gasteiger partial charge in [0.2, 0.25) is 0 Å². The van der Waals surface area contributed by atoms with E-state index in [1.165, 1.54) is 11.3 Å². The number of nitrogens with zero attached hydrogens (tertiary/aromatic N) is 3. The lowest BCUT2D eigenvalue weighted by Gasteiger charge is -2.35. The number of sulfonamides is 1. The van der Waals surface area contributed by atoms with Crippen LogP contribution in [0.4, 0.5) is 0 Å². The average molecular weight is 334 g/mol. The van der Waals surface area contributed by atoms with Gasteiger partial charge in [-0.2, -0.15) is 4.31 Å². The first-order valence-corrected chi connectivity index (χ1v) is 9.24. The SMILES string of the molecule is CC1CCC(C)N(S(=O)(=O)c2c(Cl)nc3sccn23)C1. The molecule has 0 radical (unpaired) electrons. The van der Waals surface area contributed by atoms with E-state index in [2.05, 4.69) is 11.9 Å². The molecule has 3 rings (SSSR count). The lowest BCUT2D eigenvalue weighted by Crippen LogP contribution is -2.45. The van der Waals surface area contributed by atoms with Crippen molar-refractivity contribution in [1.82, 2.24) is 13.7 Å². The summed E-state index contributed by atoms with van der Waals surface area (Å²) in [6, 6.07) is -0.00328. The Balaban J connectivity index is 2.11. The van der Waals surface area contributed by atoms with Crippen molar-refractivity contribution in [2.45, 2.75) is 37.8 Å². The Hall–Kier alpha value is -0.630. The molecule has 2 unspecified atom stereocenters.